The van der Waals surface area contributed by atoms with Crippen molar-refractivity contribution in [3.8, 4) is 5.88 Å². The van der Waals surface area contributed by atoms with Crippen LogP contribution in [0.25, 0.3) is 0 Å². The van der Waals surface area contributed by atoms with Crippen LogP contribution >= 0.6 is 0 Å². The highest BCUT2D eigenvalue weighted by Gasteiger charge is 2.30. The van der Waals surface area contributed by atoms with E-state index >= 15 is 0 Å². The fraction of sp³-hybridized carbons (Fsp3) is 0.625. The van der Waals surface area contributed by atoms with Crippen LogP contribution < -0.4 is 4.74 Å². The first-order valence-electron chi connectivity index (χ1n) is 7.37. The van der Waals surface area contributed by atoms with E-state index in [2.05, 4.69) is 4.98 Å². The standard InChI is InChI=1S/C16H24N2O3/c1-12-6-5-8-17-14(12)20-11-13-7-9-18(10-13)15(19)21-16(2,3)4/h5-6,8,13H,7,9-11H2,1-4H3. The predicted octanol–water partition coefficient (Wildman–Crippen LogP) is 3.03. The van der Waals surface area contributed by atoms with Crippen molar-refractivity contribution in [3.05, 3.63) is 23.9 Å². The number of carbonyl (C=O) groups is 1. The maximum Gasteiger partial charge on any atom is 0.410 e. The SMILES string of the molecule is Cc1cccnc1OCC1CCN(C(=O)OC(C)(C)C)C1. The molecule has 5 heteroatoms. The molecule has 0 N–H and O–H groups in total. The van der Waals surface area contributed by atoms with Crippen LogP contribution in [0.3, 0.4) is 0 Å². The molecular formula is C16H24N2O3. The first-order chi connectivity index (χ1) is 9.85. The Bertz CT molecular complexity index is 497. The Morgan fingerprint density at radius 1 is 1.48 bits per heavy atom. The van der Waals surface area contributed by atoms with Crippen LogP contribution in [0.15, 0.2) is 18.3 Å². The van der Waals surface area contributed by atoms with Gasteiger partial charge in [-0.2, -0.15) is 0 Å². The molecule has 0 radical (unpaired) electrons. The third-order valence-corrected chi connectivity index (χ3v) is 3.35. The maximum atomic E-state index is 12.0. The van der Waals surface area contributed by atoms with Crippen LogP contribution in [0.5, 0.6) is 5.88 Å². The molecule has 1 unspecified atom stereocenters. The average molecular weight is 292 g/mol. The highest BCUT2D eigenvalue weighted by atomic mass is 16.6. The summed E-state index contributed by atoms with van der Waals surface area (Å²) in [4.78, 5) is 18.0. The van der Waals surface area contributed by atoms with Crippen molar-refractivity contribution in [2.75, 3.05) is 19.7 Å². The number of pyridine rings is 1. The zero-order valence-electron chi connectivity index (χ0n) is 13.3. The summed E-state index contributed by atoms with van der Waals surface area (Å²) in [6.07, 6.45) is 2.42. The molecule has 2 heterocycles. The van der Waals surface area contributed by atoms with Gasteiger partial charge in [0, 0.05) is 30.8 Å². The Morgan fingerprint density at radius 2 is 2.24 bits per heavy atom. The number of amides is 1. The highest BCUT2D eigenvalue weighted by Crippen LogP contribution is 2.21. The number of aryl methyl sites for hydroxylation is 1. The van der Waals surface area contributed by atoms with Gasteiger partial charge in [0.15, 0.2) is 0 Å². The van der Waals surface area contributed by atoms with Crippen molar-refractivity contribution in [1.29, 1.82) is 0 Å². The van der Waals surface area contributed by atoms with Crippen molar-refractivity contribution < 1.29 is 14.3 Å². The molecule has 0 saturated carbocycles. The molecule has 2 rings (SSSR count). The third kappa shape index (κ3) is 4.62. The Hall–Kier alpha value is -1.78. The number of rotatable bonds is 3. The van der Waals surface area contributed by atoms with Gasteiger partial charge in [0.05, 0.1) is 6.61 Å². The van der Waals surface area contributed by atoms with Crippen LogP contribution in [0, 0.1) is 12.8 Å². The van der Waals surface area contributed by atoms with E-state index in [1.54, 1.807) is 11.1 Å². The van der Waals surface area contributed by atoms with Gasteiger partial charge in [0.1, 0.15) is 5.60 Å². The molecule has 1 aromatic heterocycles. The van der Waals surface area contributed by atoms with Crippen molar-refractivity contribution in [1.82, 2.24) is 9.88 Å². The third-order valence-electron chi connectivity index (χ3n) is 3.35. The van der Waals surface area contributed by atoms with E-state index < -0.39 is 5.60 Å². The number of nitrogens with zero attached hydrogens (tertiary/aromatic N) is 2. The second-order valence-corrected chi connectivity index (χ2v) is 6.52. The molecule has 0 bridgehead atoms. The van der Waals surface area contributed by atoms with Crippen LogP contribution in [0.4, 0.5) is 4.79 Å². The fourth-order valence-corrected chi connectivity index (χ4v) is 2.28. The minimum absolute atomic E-state index is 0.237. The molecule has 1 aliphatic rings. The summed E-state index contributed by atoms with van der Waals surface area (Å²) in [6, 6.07) is 3.87. The van der Waals surface area contributed by atoms with Crippen LogP contribution in [0.2, 0.25) is 0 Å². The van der Waals surface area contributed by atoms with Gasteiger partial charge in [-0.25, -0.2) is 9.78 Å². The molecule has 5 nitrogen and oxygen atoms in total. The summed E-state index contributed by atoms with van der Waals surface area (Å²) in [6.45, 7) is 9.61. The topological polar surface area (TPSA) is 51.7 Å². The van der Waals surface area contributed by atoms with Crippen molar-refractivity contribution in [3.63, 3.8) is 0 Å². The van der Waals surface area contributed by atoms with Gasteiger partial charge in [-0.15, -0.1) is 0 Å². The molecule has 1 amide bonds. The highest BCUT2D eigenvalue weighted by molar-refractivity contribution is 5.68. The molecule has 0 aromatic carbocycles. The van der Waals surface area contributed by atoms with Crippen LogP contribution in [-0.2, 0) is 4.74 Å². The molecular weight excluding hydrogens is 268 g/mol. The van der Waals surface area contributed by atoms with Gasteiger partial charge >= 0.3 is 6.09 Å². The van der Waals surface area contributed by atoms with Crippen LogP contribution in [-0.4, -0.2) is 41.3 Å². The van der Waals surface area contributed by atoms with Crippen molar-refractivity contribution >= 4 is 6.09 Å². The van der Waals surface area contributed by atoms with Gasteiger partial charge in [0.25, 0.3) is 0 Å². The normalized spacial score (nSPS) is 18.7. The minimum atomic E-state index is -0.448. The summed E-state index contributed by atoms with van der Waals surface area (Å²) >= 11 is 0. The molecule has 1 aromatic rings. The zero-order valence-corrected chi connectivity index (χ0v) is 13.3. The molecule has 0 spiro atoms. The zero-order chi connectivity index (χ0) is 15.5. The monoisotopic (exact) mass is 292 g/mol. The van der Waals surface area contributed by atoms with Gasteiger partial charge < -0.3 is 14.4 Å². The minimum Gasteiger partial charge on any atom is -0.477 e. The second kappa shape index (κ2) is 6.33. The summed E-state index contributed by atoms with van der Waals surface area (Å²) in [5.74, 6) is 1.01. The van der Waals surface area contributed by atoms with E-state index in [-0.39, 0.29) is 6.09 Å². The molecule has 1 saturated heterocycles. The van der Waals surface area contributed by atoms with Gasteiger partial charge in [0.2, 0.25) is 5.88 Å². The molecule has 1 fully saturated rings. The number of hydrogen-bond acceptors (Lipinski definition) is 4. The number of ether oxygens (including phenoxy) is 2. The van der Waals surface area contributed by atoms with E-state index in [0.29, 0.717) is 24.9 Å². The van der Waals surface area contributed by atoms with Gasteiger partial charge in [-0.1, -0.05) is 6.07 Å². The second-order valence-electron chi connectivity index (χ2n) is 6.52. The predicted molar refractivity (Wildman–Crippen MR) is 80.4 cm³/mol. The molecule has 116 valence electrons. The summed E-state index contributed by atoms with van der Waals surface area (Å²) in [7, 11) is 0. The Morgan fingerprint density at radius 3 is 2.90 bits per heavy atom. The Labute approximate surface area is 126 Å². The van der Waals surface area contributed by atoms with Crippen molar-refractivity contribution in [2.45, 2.75) is 39.7 Å². The average Bonchev–Trinajstić information content (AvgIpc) is 2.85. The van der Waals surface area contributed by atoms with Gasteiger partial charge in [-0.3, -0.25) is 0 Å². The van der Waals surface area contributed by atoms with E-state index in [1.807, 2.05) is 39.8 Å². The van der Waals surface area contributed by atoms with E-state index in [9.17, 15) is 4.79 Å². The Kier molecular flexibility index (Phi) is 4.70. The fourth-order valence-electron chi connectivity index (χ4n) is 2.28. The lowest BCUT2D eigenvalue weighted by Crippen LogP contribution is -2.35. The Balaban J connectivity index is 1.80. The van der Waals surface area contributed by atoms with E-state index in [4.69, 9.17) is 9.47 Å². The number of hydrogen-bond donors (Lipinski definition) is 0. The largest absolute Gasteiger partial charge is 0.477 e. The molecule has 1 aliphatic heterocycles. The summed E-state index contributed by atoms with van der Waals surface area (Å²) < 4.78 is 11.1. The first kappa shape index (κ1) is 15.6. The molecule has 0 aliphatic carbocycles. The van der Waals surface area contributed by atoms with Crippen LogP contribution in [0.1, 0.15) is 32.8 Å². The quantitative estimate of drug-likeness (QED) is 0.859. The maximum absolute atomic E-state index is 12.0. The lowest BCUT2D eigenvalue weighted by atomic mass is 10.1. The van der Waals surface area contributed by atoms with Crippen molar-refractivity contribution in [2.24, 2.45) is 5.92 Å². The first-order valence-corrected chi connectivity index (χ1v) is 7.37. The number of likely N-dealkylation sites (tertiary alicyclic amines) is 1. The van der Waals surface area contributed by atoms with Gasteiger partial charge in [-0.05, 0) is 40.2 Å². The smallest absolute Gasteiger partial charge is 0.410 e. The summed E-state index contributed by atoms with van der Waals surface area (Å²) in [5, 5.41) is 0. The van der Waals surface area contributed by atoms with E-state index in [0.717, 1.165) is 18.5 Å². The number of carbonyl (C=O) groups excluding carboxylic acids is 1. The van der Waals surface area contributed by atoms with E-state index in [1.165, 1.54) is 0 Å². The number of aromatic nitrogens is 1. The molecule has 21 heavy (non-hydrogen) atoms. The molecule has 1 atom stereocenters. The lowest BCUT2D eigenvalue weighted by molar-refractivity contribution is 0.0284. The summed E-state index contributed by atoms with van der Waals surface area (Å²) in [5.41, 5.74) is 0.580. The lowest BCUT2D eigenvalue weighted by Gasteiger charge is -2.24.